The van der Waals surface area contributed by atoms with Crippen LogP contribution in [0.15, 0.2) is 57.9 Å². The van der Waals surface area contributed by atoms with E-state index in [4.69, 9.17) is 16.1 Å². The van der Waals surface area contributed by atoms with Crippen molar-refractivity contribution in [3.8, 4) is 0 Å². The van der Waals surface area contributed by atoms with E-state index in [1.54, 1.807) is 29.4 Å². The average molecular weight is 404 g/mol. The number of aromatic nitrogens is 1. The van der Waals surface area contributed by atoms with Crippen LogP contribution < -0.4 is 4.90 Å². The maximum atomic E-state index is 14.3. The smallest absolute Gasteiger partial charge is 0.335 e. The van der Waals surface area contributed by atoms with E-state index in [0.717, 1.165) is 10.6 Å². The van der Waals surface area contributed by atoms with E-state index in [9.17, 15) is 9.18 Å². The highest BCUT2D eigenvalue weighted by molar-refractivity contribution is 7.97. The van der Waals surface area contributed by atoms with E-state index in [-0.39, 0.29) is 29.7 Å². The summed E-state index contributed by atoms with van der Waals surface area (Å²) in [5.41, 5.74) is 1.66. The van der Waals surface area contributed by atoms with Crippen molar-refractivity contribution in [1.29, 1.82) is 0 Å². The fourth-order valence-corrected chi connectivity index (χ4v) is 4.13. The topological polar surface area (TPSA) is 49.6 Å². The Balaban J connectivity index is 1.69. The number of amides is 2. The number of fused-ring (bicyclic) bond motifs is 1. The molecule has 0 radical (unpaired) electrons. The van der Waals surface area contributed by atoms with Gasteiger partial charge in [-0.25, -0.2) is 9.18 Å². The van der Waals surface area contributed by atoms with E-state index in [1.807, 2.05) is 24.3 Å². The summed E-state index contributed by atoms with van der Waals surface area (Å²) in [7, 11) is 0. The van der Waals surface area contributed by atoms with Gasteiger partial charge in [0.2, 0.25) is 0 Å². The first kappa shape index (κ1) is 17.9. The molecule has 2 aromatic carbocycles. The van der Waals surface area contributed by atoms with Gasteiger partial charge < -0.3 is 4.52 Å². The van der Waals surface area contributed by atoms with Crippen LogP contribution in [0.2, 0.25) is 5.02 Å². The van der Waals surface area contributed by atoms with Crippen molar-refractivity contribution in [3.63, 3.8) is 0 Å². The zero-order chi connectivity index (χ0) is 19.0. The maximum Gasteiger partial charge on any atom is 0.335 e. The lowest BCUT2D eigenvalue weighted by atomic mass is 10.2. The number of anilines is 1. The molecular formula is C19H15ClFN3O2S. The minimum atomic E-state index is -0.440. The molecule has 4 rings (SSSR count). The largest absolute Gasteiger partial charge is 0.361 e. The van der Waals surface area contributed by atoms with Crippen molar-refractivity contribution >= 4 is 35.3 Å². The predicted molar refractivity (Wildman–Crippen MR) is 102 cm³/mol. The van der Waals surface area contributed by atoms with E-state index >= 15 is 0 Å². The van der Waals surface area contributed by atoms with Gasteiger partial charge in [0.05, 0.1) is 23.7 Å². The number of hydrogen-bond acceptors (Lipinski definition) is 4. The molecule has 138 valence electrons. The summed E-state index contributed by atoms with van der Waals surface area (Å²) in [6, 6.07) is 13.5. The molecule has 1 aliphatic heterocycles. The summed E-state index contributed by atoms with van der Waals surface area (Å²) in [5, 5.41) is 4.24. The standard InChI is InChI=1S/C19H15ClFN3O2S/c1-12-9-13(22-26-12)10-24-19(25)23(17-7-2-3-8-18(17)27-24)11-14-15(20)5-4-6-16(14)21/h2-9H,10-11H2,1H3. The van der Waals surface area contributed by atoms with Crippen LogP contribution in [0.5, 0.6) is 0 Å². The predicted octanol–water partition coefficient (Wildman–Crippen LogP) is 5.43. The fraction of sp³-hybridized carbons (Fsp3) is 0.158. The summed E-state index contributed by atoms with van der Waals surface area (Å²) < 4.78 is 21.0. The van der Waals surface area contributed by atoms with Gasteiger partial charge in [-0.05, 0) is 43.1 Å². The number of halogens is 2. The summed E-state index contributed by atoms with van der Waals surface area (Å²) in [4.78, 5) is 15.6. The Kier molecular flexibility index (Phi) is 4.80. The minimum absolute atomic E-state index is 0.0380. The molecule has 0 spiro atoms. The number of para-hydroxylation sites is 1. The number of carbonyl (C=O) groups is 1. The Morgan fingerprint density at radius 3 is 2.74 bits per heavy atom. The lowest BCUT2D eigenvalue weighted by Crippen LogP contribution is -2.42. The summed E-state index contributed by atoms with van der Waals surface area (Å²) in [6.45, 7) is 2.11. The van der Waals surface area contributed by atoms with E-state index in [2.05, 4.69) is 5.16 Å². The van der Waals surface area contributed by atoms with Crippen molar-refractivity contribution in [2.24, 2.45) is 0 Å². The monoisotopic (exact) mass is 403 g/mol. The van der Waals surface area contributed by atoms with Crippen LogP contribution in [0.1, 0.15) is 17.0 Å². The molecule has 1 aliphatic rings. The molecule has 5 nitrogen and oxygen atoms in total. The number of hydrogen-bond donors (Lipinski definition) is 0. The third-order valence-corrected chi connectivity index (χ3v) is 5.57. The Morgan fingerprint density at radius 2 is 2.00 bits per heavy atom. The number of aryl methyl sites for hydroxylation is 1. The Labute approximate surface area is 164 Å². The molecule has 0 N–H and O–H groups in total. The van der Waals surface area contributed by atoms with Gasteiger partial charge in [-0.2, -0.15) is 0 Å². The lowest BCUT2D eigenvalue weighted by molar-refractivity contribution is 0.229. The second-order valence-corrected chi connectivity index (χ2v) is 7.56. The number of nitrogens with zero attached hydrogens (tertiary/aromatic N) is 3. The average Bonchev–Trinajstić information content (AvgIpc) is 3.06. The van der Waals surface area contributed by atoms with Gasteiger partial charge in [-0.3, -0.25) is 9.21 Å². The summed E-state index contributed by atoms with van der Waals surface area (Å²) >= 11 is 7.50. The molecule has 0 saturated heterocycles. The van der Waals surface area contributed by atoms with Crippen molar-refractivity contribution in [1.82, 2.24) is 9.46 Å². The van der Waals surface area contributed by atoms with Gasteiger partial charge in [-0.15, -0.1) is 0 Å². The Morgan fingerprint density at radius 1 is 1.19 bits per heavy atom. The Bertz CT molecular complexity index is 990. The lowest BCUT2D eigenvalue weighted by Gasteiger charge is -2.35. The molecule has 2 amide bonds. The maximum absolute atomic E-state index is 14.3. The normalized spacial score (nSPS) is 13.8. The molecule has 0 bridgehead atoms. The van der Waals surface area contributed by atoms with Crippen LogP contribution >= 0.6 is 23.5 Å². The molecule has 0 unspecified atom stereocenters. The van der Waals surface area contributed by atoms with E-state index < -0.39 is 5.82 Å². The van der Waals surface area contributed by atoms with E-state index in [0.29, 0.717) is 11.5 Å². The zero-order valence-electron chi connectivity index (χ0n) is 14.4. The molecular weight excluding hydrogens is 389 g/mol. The van der Waals surface area contributed by atoms with Crippen molar-refractivity contribution < 1.29 is 13.7 Å². The first-order chi connectivity index (χ1) is 13.0. The molecule has 0 fully saturated rings. The highest BCUT2D eigenvalue weighted by atomic mass is 35.5. The third kappa shape index (κ3) is 3.52. The molecule has 0 aliphatic carbocycles. The molecule has 0 saturated carbocycles. The molecule has 27 heavy (non-hydrogen) atoms. The number of urea groups is 1. The van der Waals surface area contributed by atoms with Crippen LogP contribution in [0.4, 0.5) is 14.9 Å². The van der Waals surface area contributed by atoms with Gasteiger partial charge in [0.25, 0.3) is 0 Å². The molecule has 3 aromatic rings. The highest BCUT2D eigenvalue weighted by Gasteiger charge is 2.32. The highest BCUT2D eigenvalue weighted by Crippen LogP contribution is 2.40. The summed E-state index contributed by atoms with van der Waals surface area (Å²) in [5.74, 6) is 0.236. The molecule has 0 atom stereocenters. The van der Waals surface area contributed by atoms with E-state index in [1.165, 1.54) is 22.9 Å². The quantitative estimate of drug-likeness (QED) is 0.545. The second-order valence-electron chi connectivity index (χ2n) is 6.09. The van der Waals surface area contributed by atoms with Crippen molar-refractivity contribution in [2.45, 2.75) is 24.9 Å². The van der Waals surface area contributed by atoms with Gasteiger partial charge in [0.15, 0.2) is 0 Å². The third-order valence-electron chi connectivity index (χ3n) is 4.17. The first-order valence-corrected chi connectivity index (χ1v) is 9.39. The van der Waals surface area contributed by atoms with Crippen molar-refractivity contribution in [2.75, 3.05) is 4.90 Å². The number of carbonyl (C=O) groups excluding carboxylic acids is 1. The zero-order valence-corrected chi connectivity index (χ0v) is 15.9. The molecule has 2 heterocycles. The van der Waals surface area contributed by atoms with Crippen LogP contribution in [-0.2, 0) is 13.1 Å². The number of rotatable bonds is 4. The molecule has 8 heteroatoms. The SMILES string of the molecule is Cc1cc(CN2Sc3ccccc3N(Cc3c(F)cccc3Cl)C2=O)no1. The Hall–Kier alpha value is -2.51. The summed E-state index contributed by atoms with van der Waals surface area (Å²) in [6.07, 6.45) is 0. The van der Waals surface area contributed by atoms with Crippen LogP contribution in [0, 0.1) is 12.7 Å². The second kappa shape index (κ2) is 7.25. The van der Waals surface area contributed by atoms with Crippen LogP contribution in [0.3, 0.4) is 0 Å². The van der Waals surface area contributed by atoms with Crippen molar-refractivity contribution in [3.05, 3.63) is 76.4 Å². The first-order valence-electron chi connectivity index (χ1n) is 8.24. The minimum Gasteiger partial charge on any atom is -0.361 e. The fourth-order valence-electron chi connectivity index (χ4n) is 2.89. The molecule has 1 aromatic heterocycles. The van der Waals surface area contributed by atoms with Crippen LogP contribution in [-0.4, -0.2) is 15.5 Å². The van der Waals surface area contributed by atoms with Gasteiger partial charge >= 0.3 is 6.03 Å². The van der Waals surface area contributed by atoms with Crippen LogP contribution in [0.25, 0.3) is 0 Å². The van der Waals surface area contributed by atoms with Gasteiger partial charge in [0.1, 0.15) is 17.3 Å². The number of benzene rings is 2. The van der Waals surface area contributed by atoms with Gasteiger partial charge in [0, 0.05) is 16.7 Å². The van der Waals surface area contributed by atoms with Gasteiger partial charge in [-0.1, -0.05) is 35.0 Å².